The molecule has 0 saturated heterocycles. The highest BCUT2D eigenvalue weighted by molar-refractivity contribution is 7.89. The summed E-state index contributed by atoms with van der Waals surface area (Å²) in [5.74, 6) is -6.77. The molecule has 0 radical (unpaired) electrons. The Hall–Kier alpha value is -2.50. The first-order valence-electron chi connectivity index (χ1n) is 9.44. The molecule has 1 fully saturated rings. The molecule has 0 heterocycles. The van der Waals surface area contributed by atoms with Crippen LogP contribution in [0, 0.1) is 30.2 Å². The number of aliphatic hydroxyl groups is 1. The summed E-state index contributed by atoms with van der Waals surface area (Å²) in [5.41, 5.74) is -0.558. The second-order valence-electron chi connectivity index (χ2n) is 7.43. The fraction of sp³-hybridized carbons (Fsp3) is 0.350. The van der Waals surface area contributed by atoms with Crippen molar-refractivity contribution >= 4 is 21.6 Å². The molecule has 0 unspecified atom stereocenters. The lowest BCUT2D eigenvalue weighted by Crippen LogP contribution is -2.39. The van der Waals surface area contributed by atoms with Crippen LogP contribution in [-0.4, -0.2) is 31.6 Å². The van der Waals surface area contributed by atoms with Crippen molar-refractivity contribution in [3.05, 3.63) is 58.7 Å². The van der Waals surface area contributed by atoms with Gasteiger partial charge in [-0.3, -0.25) is 4.79 Å². The summed E-state index contributed by atoms with van der Waals surface area (Å²) in [4.78, 5) is 11.8. The van der Waals surface area contributed by atoms with Crippen LogP contribution in [-0.2, 0) is 10.0 Å². The molecule has 6 nitrogen and oxygen atoms in total. The van der Waals surface area contributed by atoms with Gasteiger partial charge >= 0.3 is 0 Å². The number of hydrogen-bond acceptors (Lipinski definition) is 4. The monoisotopic (exact) mass is 460 g/mol. The molecule has 0 spiro atoms. The molecule has 0 aliphatic heterocycles. The predicted octanol–water partition coefficient (Wildman–Crippen LogP) is 3.39. The molecular weight excluding hydrogens is 440 g/mol. The van der Waals surface area contributed by atoms with E-state index in [9.17, 15) is 35.9 Å². The maximum absolute atomic E-state index is 14.5. The van der Waals surface area contributed by atoms with Gasteiger partial charge in [-0.15, -0.1) is 0 Å². The van der Waals surface area contributed by atoms with E-state index < -0.39 is 61.9 Å². The van der Waals surface area contributed by atoms with E-state index in [-0.39, 0.29) is 11.1 Å². The average molecular weight is 460 g/mol. The van der Waals surface area contributed by atoms with E-state index >= 15 is 0 Å². The second-order valence-corrected chi connectivity index (χ2v) is 9.11. The predicted molar refractivity (Wildman–Crippen MR) is 104 cm³/mol. The van der Waals surface area contributed by atoms with Gasteiger partial charge in [0.05, 0.1) is 6.10 Å². The summed E-state index contributed by atoms with van der Waals surface area (Å²) < 4.78 is 82.0. The van der Waals surface area contributed by atoms with Crippen LogP contribution >= 0.6 is 0 Å². The van der Waals surface area contributed by atoms with Gasteiger partial charge in [0.25, 0.3) is 5.91 Å². The lowest BCUT2D eigenvalue weighted by Gasteiger charge is -2.26. The summed E-state index contributed by atoms with van der Waals surface area (Å²) in [6.45, 7) is 1.36. The first-order valence-corrected chi connectivity index (χ1v) is 10.9. The van der Waals surface area contributed by atoms with Gasteiger partial charge in [0.15, 0.2) is 17.5 Å². The average Bonchev–Trinajstić information content (AvgIpc) is 2.67. The summed E-state index contributed by atoms with van der Waals surface area (Å²) in [6.07, 6.45) is 1.06. The molecule has 2 aromatic rings. The first kappa shape index (κ1) is 23.2. The number of carbonyl (C=O) groups is 1. The number of halogens is 4. The maximum atomic E-state index is 14.5. The second kappa shape index (κ2) is 8.93. The number of aliphatic hydroxyl groups excluding tert-OH is 1. The van der Waals surface area contributed by atoms with Gasteiger partial charge in [-0.2, -0.15) is 0 Å². The Morgan fingerprint density at radius 1 is 0.968 bits per heavy atom. The molecule has 1 aliphatic carbocycles. The van der Waals surface area contributed by atoms with Crippen LogP contribution in [0.15, 0.2) is 29.2 Å². The zero-order valence-corrected chi connectivity index (χ0v) is 17.2. The largest absolute Gasteiger partial charge is 0.393 e. The third-order valence-corrected chi connectivity index (χ3v) is 6.61. The van der Waals surface area contributed by atoms with E-state index in [0.717, 1.165) is 12.1 Å². The van der Waals surface area contributed by atoms with Crippen molar-refractivity contribution in [3.63, 3.8) is 0 Å². The Morgan fingerprint density at radius 3 is 2.13 bits per heavy atom. The summed E-state index contributed by atoms with van der Waals surface area (Å²) in [5, 5.41) is 11.7. The molecule has 1 aliphatic rings. The SMILES string of the molecule is Cc1cc(F)c(S(=O)(=O)N[C@H]2CC[C@H](O)CC2)cc1C(=O)Nc1cc(F)c(F)c(F)c1. The van der Waals surface area contributed by atoms with Crippen molar-refractivity contribution in [1.82, 2.24) is 4.72 Å². The highest BCUT2D eigenvalue weighted by atomic mass is 32.2. The van der Waals surface area contributed by atoms with E-state index in [1.54, 1.807) is 0 Å². The minimum atomic E-state index is -4.33. The third-order valence-electron chi connectivity index (χ3n) is 5.07. The Kier molecular flexibility index (Phi) is 6.68. The lowest BCUT2D eigenvalue weighted by molar-refractivity contribution is 0.102. The third kappa shape index (κ3) is 5.23. The summed E-state index contributed by atoms with van der Waals surface area (Å²) in [6, 6.07) is 2.32. The van der Waals surface area contributed by atoms with Crippen LogP contribution in [0.25, 0.3) is 0 Å². The van der Waals surface area contributed by atoms with E-state index in [1.165, 1.54) is 6.92 Å². The van der Waals surface area contributed by atoms with Gasteiger partial charge in [-0.05, 0) is 50.3 Å². The van der Waals surface area contributed by atoms with Crippen molar-refractivity contribution in [2.45, 2.75) is 49.6 Å². The normalized spacial score (nSPS) is 19.3. The summed E-state index contributed by atoms with van der Waals surface area (Å²) >= 11 is 0. The Morgan fingerprint density at radius 2 is 1.55 bits per heavy atom. The van der Waals surface area contributed by atoms with Gasteiger partial charge in [0, 0.05) is 29.4 Å². The molecule has 0 atom stereocenters. The minimum Gasteiger partial charge on any atom is -0.393 e. The Bertz CT molecular complexity index is 1090. The van der Waals surface area contributed by atoms with Crippen molar-refractivity contribution in [3.8, 4) is 0 Å². The van der Waals surface area contributed by atoms with E-state index in [2.05, 4.69) is 10.0 Å². The molecule has 0 aromatic heterocycles. The number of amides is 1. The zero-order chi connectivity index (χ0) is 22.9. The number of aryl methyl sites for hydroxylation is 1. The molecule has 1 amide bonds. The molecule has 3 rings (SSSR count). The van der Waals surface area contributed by atoms with Crippen LogP contribution in [0.5, 0.6) is 0 Å². The van der Waals surface area contributed by atoms with Crippen molar-refractivity contribution in [2.24, 2.45) is 0 Å². The van der Waals surface area contributed by atoms with Crippen molar-refractivity contribution < 1.29 is 35.9 Å². The summed E-state index contributed by atoms with van der Waals surface area (Å²) in [7, 11) is -4.33. The number of carbonyl (C=O) groups excluding carboxylic acids is 1. The van der Waals surface area contributed by atoms with Gasteiger partial charge in [-0.1, -0.05) is 0 Å². The quantitative estimate of drug-likeness (QED) is 0.471. The molecule has 31 heavy (non-hydrogen) atoms. The fourth-order valence-electron chi connectivity index (χ4n) is 3.41. The van der Waals surface area contributed by atoms with E-state index in [1.807, 2.05) is 0 Å². The number of benzene rings is 2. The van der Waals surface area contributed by atoms with Crippen LogP contribution in [0.2, 0.25) is 0 Å². The number of sulfonamides is 1. The maximum Gasteiger partial charge on any atom is 0.255 e. The van der Waals surface area contributed by atoms with E-state index in [4.69, 9.17) is 0 Å². The molecule has 0 bridgehead atoms. The van der Waals surface area contributed by atoms with Crippen LogP contribution in [0.3, 0.4) is 0 Å². The topological polar surface area (TPSA) is 95.5 Å². The zero-order valence-electron chi connectivity index (χ0n) is 16.4. The number of nitrogens with one attached hydrogen (secondary N) is 2. The smallest absolute Gasteiger partial charge is 0.255 e. The molecule has 1 saturated carbocycles. The molecule has 3 N–H and O–H groups in total. The highest BCUT2D eigenvalue weighted by Gasteiger charge is 2.28. The van der Waals surface area contributed by atoms with Gasteiger partial charge in [0.1, 0.15) is 10.7 Å². The van der Waals surface area contributed by atoms with Gasteiger partial charge in [0.2, 0.25) is 10.0 Å². The van der Waals surface area contributed by atoms with Gasteiger partial charge in [-0.25, -0.2) is 30.7 Å². The van der Waals surface area contributed by atoms with Gasteiger partial charge < -0.3 is 10.4 Å². The van der Waals surface area contributed by atoms with Crippen molar-refractivity contribution in [1.29, 1.82) is 0 Å². The molecular formula is C20H20F4N2O4S. The Balaban J connectivity index is 1.87. The Labute approximate surface area is 176 Å². The standard InChI is InChI=1S/C20H20F4N2O4S/c1-10-6-15(21)18(31(29,30)26-11-2-4-13(27)5-3-11)9-14(10)20(28)25-12-7-16(22)19(24)17(23)8-12/h6-9,11,13,26-27H,2-5H2,1H3,(H,25,28)/t11-,13-. The lowest BCUT2D eigenvalue weighted by atomic mass is 9.94. The van der Waals surface area contributed by atoms with Crippen molar-refractivity contribution in [2.75, 3.05) is 5.32 Å². The van der Waals surface area contributed by atoms with E-state index in [0.29, 0.717) is 37.8 Å². The van der Waals surface area contributed by atoms with Crippen LogP contribution < -0.4 is 10.0 Å². The minimum absolute atomic E-state index is 0.0813. The fourth-order valence-corrected chi connectivity index (χ4v) is 4.80. The molecule has 2 aromatic carbocycles. The molecule has 11 heteroatoms. The highest BCUT2D eigenvalue weighted by Crippen LogP contribution is 2.25. The molecule has 168 valence electrons. The number of hydrogen-bond donors (Lipinski definition) is 3. The number of rotatable bonds is 5. The van der Waals surface area contributed by atoms with Crippen LogP contribution in [0.1, 0.15) is 41.6 Å². The van der Waals surface area contributed by atoms with Crippen LogP contribution in [0.4, 0.5) is 23.2 Å². The number of anilines is 1. The first-order chi connectivity index (χ1) is 14.5.